The molecule has 2 rings (SSSR count). The van der Waals surface area contributed by atoms with E-state index in [2.05, 4.69) is 17.3 Å². The zero-order valence-corrected chi connectivity index (χ0v) is 8.97. The summed E-state index contributed by atoms with van der Waals surface area (Å²) in [6.07, 6.45) is 2.27. The van der Waals surface area contributed by atoms with E-state index in [0.717, 1.165) is 23.3 Å². The Hall–Kier alpha value is -0.410. The minimum absolute atomic E-state index is 0.330. The number of rotatable bonds is 3. The third kappa shape index (κ3) is 2.09. The Labute approximate surface area is 83.2 Å². The lowest BCUT2D eigenvalue weighted by Gasteiger charge is -2.07. The molecule has 2 nitrogen and oxygen atoms in total. The van der Waals surface area contributed by atoms with Crippen LogP contribution in [0.2, 0.25) is 0 Å². The van der Waals surface area contributed by atoms with Crippen LogP contribution in [-0.4, -0.2) is 11.0 Å². The molecule has 1 aliphatic rings. The van der Waals surface area contributed by atoms with Crippen LogP contribution in [-0.2, 0) is 6.42 Å². The number of aromatic nitrogens is 1. The lowest BCUT2D eigenvalue weighted by atomic mass is 10.1. The summed E-state index contributed by atoms with van der Waals surface area (Å²) in [5, 5.41) is 3.27. The zero-order valence-electron chi connectivity index (χ0n) is 8.16. The van der Waals surface area contributed by atoms with E-state index in [9.17, 15) is 0 Å². The quantitative estimate of drug-likeness (QED) is 0.803. The standard InChI is InChI=1S/C10H16N2S/c1-6-3-9(6)10(11)4-8-5-13-7(2)12-8/h5-6,9-10H,3-4,11H2,1-2H3. The molecule has 0 aliphatic heterocycles. The molecule has 1 saturated carbocycles. The molecule has 2 N–H and O–H groups in total. The molecule has 0 bridgehead atoms. The van der Waals surface area contributed by atoms with Crippen molar-refractivity contribution >= 4 is 11.3 Å². The first-order chi connectivity index (χ1) is 6.16. The molecule has 13 heavy (non-hydrogen) atoms. The van der Waals surface area contributed by atoms with Gasteiger partial charge in [0.05, 0.1) is 10.7 Å². The van der Waals surface area contributed by atoms with Gasteiger partial charge in [0, 0.05) is 17.8 Å². The molecular weight excluding hydrogens is 180 g/mol. The van der Waals surface area contributed by atoms with Crippen LogP contribution in [0.3, 0.4) is 0 Å². The van der Waals surface area contributed by atoms with E-state index in [-0.39, 0.29) is 0 Å². The lowest BCUT2D eigenvalue weighted by molar-refractivity contribution is 0.555. The highest BCUT2D eigenvalue weighted by Gasteiger charge is 2.37. The highest BCUT2D eigenvalue weighted by atomic mass is 32.1. The minimum atomic E-state index is 0.330. The van der Waals surface area contributed by atoms with Crippen molar-refractivity contribution in [3.05, 3.63) is 16.1 Å². The van der Waals surface area contributed by atoms with Gasteiger partial charge in [-0.1, -0.05) is 6.92 Å². The zero-order chi connectivity index (χ0) is 9.42. The van der Waals surface area contributed by atoms with E-state index in [1.165, 1.54) is 12.1 Å². The lowest BCUT2D eigenvalue weighted by Crippen LogP contribution is -2.26. The van der Waals surface area contributed by atoms with Gasteiger partial charge in [-0.3, -0.25) is 0 Å². The van der Waals surface area contributed by atoms with E-state index in [1.807, 2.05) is 6.92 Å². The molecule has 1 aliphatic carbocycles. The Kier molecular flexibility index (Phi) is 2.39. The summed E-state index contributed by atoms with van der Waals surface area (Å²) in [6.45, 7) is 4.32. The Morgan fingerprint density at radius 1 is 1.77 bits per heavy atom. The summed E-state index contributed by atoms with van der Waals surface area (Å²) in [6, 6.07) is 0.330. The van der Waals surface area contributed by atoms with Crippen LogP contribution in [0.5, 0.6) is 0 Å². The van der Waals surface area contributed by atoms with E-state index < -0.39 is 0 Å². The van der Waals surface area contributed by atoms with Crippen molar-refractivity contribution in [3.63, 3.8) is 0 Å². The summed E-state index contributed by atoms with van der Waals surface area (Å²) < 4.78 is 0. The number of nitrogens with zero attached hydrogens (tertiary/aromatic N) is 1. The van der Waals surface area contributed by atoms with Crippen LogP contribution < -0.4 is 5.73 Å². The summed E-state index contributed by atoms with van der Waals surface area (Å²) in [4.78, 5) is 4.42. The largest absolute Gasteiger partial charge is 0.327 e. The molecule has 3 atom stereocenters. The number of hydrogen-bond donors (Lipinski definition) is 1. The van der Waals surface area contributed by atoms with Gasteiger partial charge in [-0.2, -0.15) is 0 Å². The van der Waals surface area contributed by atoms with E-state index in [4.69, 9.17) is 5.73 Å². The fraction of sp³-hybridized carbons (Fsp3) is 0.700. The monoisotopic (exact) mass is 196 g/mol. The average Bonchev–Trinajstić information content (AvgIpc) is 2.66. The molecule has 1 aromatic heterocycles. The second kappa shape index (κ2) is 3.39. The number of nitrogens with two attached hydrogens (primary N) is 1. The van der Waals surface area contributed by atoms with Gasteiger partial charge in [-0.15, -0.1) is 11.3 Å². The molecule has 3 heteroatoms. The Balaban J connectivity index is 1.91. The Bertz CT molecular complexity index is 295. The third-order valence-electron chi connectivity index (χ3n) is 2.83. The van der Waals surface area contributed by atoms with Crippen LogP contribution in [0.1, 0.15) is 24.0 Å². The Morgan fingerprint density at radius 3 is 2.92 bits per heavy atom. The van der Waals surface area contributed by atoms with Crippen molar-refractivity contribution < 1.29 is 0 Å². The summed E-state index contributed by atoms with van der Waals surface area (Å²) in [5.74, 6) is 1.59. The van der Waals surface area contributed by atoms with Gasteiger partial charge in [0.2, 0.25) is 0 Å². The topological polar surface area (TPSA) is 38.9 Å². The molecule has 1 fully saturated rings. The average molecular weight is 196 g/mol. The van der Waals surface area contributed by atoms with Gasteiger partial charge in [0.15, 0.2) is 0 Å². The molecule has 0 aromatic carbocycles. The molecule has 0 radical (unpaired) electrons. The van der Waals surface area contributed by atoms with Gasteiger partial charge < -0.3 is 5.73 Å². The molecule has 0 saturated heterocycles. The Morgan fingerprint density at radius 2 is 2.46 bits per heavy atom. The van der Waals surface area contributed by atoms with Gasteiger partial charge in [0.1, 0.15) is 0 Å². The van der Waals surface area contributed by atoms with Crippen LogP contribution in [0.25, 0.3) is 0 Å². The summed E-state index contributed by atoms with van der Waals surface area (Å²) in [7, 11) is 0. The van der Waals surface area contributed by atoms with E-state index in [1.54, 1.807) is 11.3 Å². The fourth-order valence-electron chi connectivity index (χ4n) is 1.84. The van der Waals surface area contributed by atoms with Crippen molar-refractivity contribution in [2.75, 3.05) is 0 Å². The highest BCUT2D eigenvalue weighted by Crippen LogP contribution is 2.40. The maximum absolute atomic E-state index is 6.08. The maximum Gasteiger partial charge on any atom is 0.0897 e. The van der Waals surface area contributed by atoms with Crippen LogP contribution in [0.15, 0.2) is 5.38 Å². The van der Waals surface area contributed by atoms with Gasteiger partial charge in [-0.05, 0) is 25.2 Å². The number of aryl methyl sites for hydroxylation is 1. The second-order valence-corrected chi connectivity index (χ2v) is 5.16. The van der Waals surface area contributed by atoms with Crippen molar-refractivity contribution in [2.45, 2.75) is 32.7 Å². The summed E-state index contributed by atoms with van der Waals surface area (Å²) >= 11 is 1.71. The van der Waals surface area contributed by atoms with Gasteiger partial charge >= 0.3 is 0 Å². The SMILES string of the molecule is Cc1nc(CC(N)C2CC2C)cs1. The highest BCUT2D eigenvalue weighted by molar-refractivity contribution is 7.09. The first-order valence-corrected chi connectivity index (χ1v) is 5.71. The number of thiazole rings is 1. The smallest absolute Gasteiger partial charge is 0.0897 e. The van der Waals surface area contributed by atoms with E-state index >= 15 is 0 Å². The van der Waals surface area contributed by atoms with Gasteiger partial charge in [-0.25, -0.2) is 4.98 Å². The molecule has 3 unspecified atom stereocenters. The van der Waals surface area contributed by atoms with Crippen LogP contribution >= 0.6 is 11.3 Å². The summed E-state index contributed by atoms with van der Waals surface area (Å²) in [5.41, 5.74) is 7.25. The van der Waals surface area contributed by atoms with Crippen molar-refractivity contribution in [1.82, 2.24) is 4.98 Å². The number of hydrogen-bond acceptors (Lipinski definition) is 3. The molecule has 0 amide bonds. The van der Waals surface area contributed by atoms with Crippen molar-refractivity contribution in [3.8, 4) is 0 Å². The molecule has 1 aromatic rings. The molecule has 0 spiro atoms. The van der Waals surface area contributed by atoms with Crippen molar-refractivity contribution in [2.24, 2.45) is 17.6 Å². The first-order valence-electron chi connectivity index (χ1n) is 4.83. The molecular formula is C10H16N2S. The van der Waals surface area contributed by atoms with Crippen LogP contribution in [0.4, 0.5) is 0 Å². The maximum atomic E-state index is 6.08. The molecule has 72 valence electrons. The molecule has 1 heterocycles. The normalized spacial score (nSPS) is 28.8. The van der Waals surface area contributed by atoms with E-state index in [0.29, 0.717) is 6.04 Å². The first kappa shape index (κ1) is 9.16. The fourth-order valence-corrected chi connectivity index (χ4v) is 2.47. The predicted molar refractivity (Wildman–Crippen MR) is 55.8 cm³/mol. The second-order valence-electron chi connectivity index (χ2n) is 4.10. The van der Waals surface area contributed by atoms with Crippen LogP contribution in [0, 0.1) is 18.8 Å². The van der Waals surface area contributed by atoms with Gasteiger partial charge in [0.25, 0.3) is 0 Å². The predicted octanol–water partition coefficient (Wildman–Crippen LogP) is 1.98. The third-order valence-corrected chi connectivity index (χ3v) is 3.66. The minimum Gasteiger partial charge on any atom is -0.327 e. The van der Waals surface area contributed by atoms with Crippen molar-refractivity contribution in [1.29, 1.82) is 0 Å².